The smallest absolute Gasteiger partial charge is 0.248 e. The second kappa shape index (κ2) is 10.9. The van der Waals surface area contributed by atoms with Crippen molar-refractivity contribution in [1.29, 1.82) is 0 Å². The van der Waals surface area contributed by atoms with Crippen molar-refractivity contribution in [3.8, 4) is 0 Å². The van der Waals surface area contributed by atoms with Gasteiger partial charge in [0.2, 0.25) is 11.8 Å². The number of rotatable bonds is 6. The van der Waals surface area contributed by atoms with Crippen molar-refractivity contribution in [1.82, 2.24) is 15.6 Å². The summed E-state index contributed by atoms with van der Waals surface area (Å²) < 4.78 is 0. The molecule has 4 rings (SSSR count). The first-order chi connectivity index (χ1) is 16.7. The summed E-state index contributed by atoms with van der Waals surface area (Å²) in [6.45, 7) is 8.62. The number of carbonyl (C=O) groups excluding carboxylic acids is 2. The fourth-order valence-electron chi connectivity index (χ4n) is 5.30. The van der Waals surface area contributed by atoms with Crippen LogP contribution in [0, 0.1) is 0 Å². The monoisotopic (exact) mass is 476 g/mol. The molecular formula is C29H40N4O2. The molecule has 2 N–H and O–H groups in total. The second-order valence-electron chi connectivity index (χ2n) is 11.2. The number of hydrogen-bond acceptors (Lipinski definition) is 4. The number of amides is 2. The summed E-state index contributed by atoms with van der Waals surface area (Å²) in [5.41, 5.74) is 2.64. The van der Waals surface area contributed by atoms with Gasteiger partial charge in [0.05, 0.1) is 6.04 Å². The van der Waals surface area contributed by atoms with Crippen LogP contribution in [0.1, 0.15) is 89.8 Å². The summed E-state index contributed by atoms with van der Waals surface area (Å²) in [6.07, 6.45) is 10.6. The van der Waals surface area contributed by atoms with E-state index in [2.05, 4.69) is 55.4 Å². The Kier molecular flexibility index (Phi) is 7.90. The van der Waals surface area contributed by atoms with E-state index in [0.717, 1.165) is 49.8 Å². The molecule has 188 valence electrons. The molecule has 1 saturated carbocycles. The number of carbonyl (C=O) groups is 2. The number of benzene rings is 1. The van der Waals surface area contributed by atoms with Crippen LogP contribution in [0.5, 0.6) is 0 Å². The van der Waals surface area contributed by atoms with Gasteiger partial charge in [-0.25, -0.2) is 0 Å². The summed E-state index contributed by atoms with van der Waals surface area (Å²) in [7, 11) is 0. The van der Waals surface area contributed by atoms with Crippen LogP contribution in [-0.2, 0) is 15.0 Å². The lowest BCUT2D eigenvalue weighted by Gasteiger charge is -2.35. The minimum atomic E-state index is -0.781. The molecule has 2 fully saturated rings. The minimum Gasteiger partial charge on any atom is -0.351 e. The summed E-state index contributed by atoms with van der Waals surface area (Å²) in [6, 6.07) is 11.2. The zero-order valence-electron chi connectivity index (χ0n) is 21.6. The van der Waals surface area contributed by atoms with Crippen molar-refractivity contribution in [3.05, 3.63) is 59.9 Å². The number of aromatic nitrogens is 1. The van der Waals surface area contributed by atoms with E-state index in [1.807, 2.05) is 24.3 Å². The standard InChI is InChI=1S/C29H40N4O2/c1-20-12-17-25(31-20)28(35)33(24-15-13-22(14-16-24)29(2,3)4)26(21-9-8-18-30-19-21)27(34)32-23-10-6-5-7-11-23/h8-9,13-16,18-20,23,25-26,31H,5-7,10-12,17H2,1-4H3,(H,32,34)/t20-,25+,26?/m0/s1. The lowest BCUT2D eigenvalue weighted by atomic mass is 9.87. The summed E-state index contributed by atoms with van der Waals surface area (Å²) in [4.78, 5) is 33.9. The summed E-state index contributed by atoms with van der Waals surface area (Å²) in [5.74, 6) is -0.199. The fourth-order valence-corrected chi connectivity index (χ4v) is 5.30. The van der Waals surface area contributed by atoms with Gasteiger partial charge in [0, 0.05) is 35.7 Å². The number of hydrogen-bond donors (Lipinski definition) is 2. The molecule has 35 heavy (non-hydrogen) atoms. The highest BCUT2D eigenvalue weighted by atomic mass is 16.2. The Morgan fingerprint density at radius 3 is 2.31 bits per heavy atom. The highest BCUT2D eigenvalue weighted by Crippen LogP contribution is 2.32. The molecule has 0 radical (unpaired) electrons. The Bertz CT molecular complexity index is 994. The number of nitrogens with zero attached hydrogens (tertiary/aromatic N) is 2. The van der Waals surface area contributed by atoms with Crippen LogP contribution in [0.25, 0.3) is 0 Å². The molecule has 3 atom stereocenters. The Morgan fingerprint density at radius 2 is 1.74 bits per heavy atom. The first-order valence-corrected chi connectivity index (χ1v) is 13.1. The minimum absolute atomic E-state index is 0.00306. The summed E-state index contributed by atoms with van der Waals surface area (Å²) >= 11 is 0. The number of anilines is 1. The molecule has 1 saturated heterocycles. The predicted molar refractivity (Wildman–Crippen MR) is 140 cm³/mol. The Morgan fingerprint density at radius 1 is 1.03 bits per heavy atom. The van der Waals surface area contributed by atoms with Gasteiger partial charge in [0.15, 0.2) is 0 Å². The van der Waals surface area contributed by atoms with Crippen molar-refractivity contribution in [3.63, 3.8) is 0 Å². The Balaban J connectivity index is 1.74. The van der Waals surface area contributed by atoms with E-state index < -0.39 is 6.04 Å². The molecule has 6 heteroatoms. The van der Waals surface area contributed by atoms with E-state index in [9.17, 15) is 9.59 Å². The molecule has 1 aromatic carbocycles. The third-order valence-electron chi connectivity index (χ3n) is 7.38. The van der Waals surface area contributed by atoms with Crippen LogP contribution in [0.4, 0.5) is 5.69 Å². The topological polar surface area (TPSA) is 74.3 Å². The molecule has 2 aliphatic rings. The zero-order chi connectivity index (χ0) is 25.0. The molecule has 1 aliphatic carbocycles. The van der Waals surface area contributed by atoms with Crippen molar-refractivity contribution in [2.75, 3.05) is 4.90 Å². The molecule has 0 spiro atoms. The van der Waals surface area contributed by atoms with Gasteiger partial charge in [-0.3, -0.25) is 19.5 Å². The molecule has 1 aliphatic heterocycles. The van der Waals surface area contributed by atoms with Gasteiger partial charge in [0.1, 0.15) is 6.04 Å². The van der Waals surface area contributed by atoms with Crippen molar-refractivity contribution < 1.29 is 9.59 Å². The number of pyridine rings is 1. The van der Waals surface area contributed by atoms with Crippen LogP contribution in [-0.4, -0.2) is 34.9 Å². The van der Waals surface area contributed by atoms with Crippen LogP contribution < -0.4 is 15.5 Å². The lowest BCUT2D eigenvalue weighted by molar-refractivity contribution is -0.128. The number of nitrogens with one attached hydrogen (secondary N) is 2. The van der Waals surface area contributed by atoms with Crippen LogP contribution in [0.2, 0.25) is 0 Å². The van der Waals surface area contributed by atoms with E-state index in [1.165, 1.54) is 12.0 Å². The van der Waals surface area contributed by atoms with Crippen molar-refractivity contribution in [2.45, 2.75) is 102 Å². The van der Waals surface area contributed by atoms with Gasteiger partial charge in [-0.15, -0.1) is 0 Å². The molecule has 2 heterocycles. The molecule has 6 nitrogen and oxygen atoms in total. The highest BCUT2D eigenvalue weighted by Gasteiger charge is 2.39. The molecule has 1 aromatic heterocycles. The quantitative estimate of drug-likeness (QED) is 0.612. The zero-order valence-corrected chi connectivity index (χ0v) is 21.6. The fraction of sp³-hybridized carbons (Fsp3) is 0.552. The second-order valence-corrected chi connectivity index (χ2v) is 11.2. The molecule has 1 unspecified atom stereocenters. The van der Waals surface area contributed by atoms with Crippen LogP contribution in [0.15, 0.2) is 48.8 Å². The third kappa shape index (κ3) is 6.10. The normalized spacial score (nSPS) is 21.9. The first-order valence-electron chi connectivity index (χ1n) is 13.1. The lowest BCUT2D eigenvalue weighted by Crippen LogP contribution is -2.52. The Labute approximate surface area is 209 Å². The first kappa shape index (κ1) is 25.4. The third-order valence-corrected chi connectivity index (χ3v) is 7.38. The Hall–Kier alpha value is -2.73. The van der Waals surface area contributed by atoms with E-state index in [-0.39, 0.29) is 35.4 Å². The van der Waals surface area contributed by atoms with Crippen molar-refractivity contribution >= 4 is 17.5 Å². The molecule has 0 bridgehead atoms. The van der Waals surface area contributed by atoms with Crippen molar-refractivity contribution in [2.24, 2.45) is 0 Å². The predicted octanol–water partition coefficient (Wildman–Crippen LogP) is 5.04. The van der Waals surface area contributed by atoms with Gasteiger partial charge < -0.3 is 10.6 Å². The molecule has 2 amide bonds. The van der Waals surface area contributed by atoms with E-state index in [0.29, 0.717) is 0 Å². The van der Waals surface area contributed by atoms with Crippen LogP contribution in [0.3, 0.4) is 0 Å². The molecular weight excluding hydrogens is 436 g/mol. The maximum absolute atomic E-state index is 14.0. The van der Waals surface area contributed by atoms with Crippen LogP contribution >= 0.6 is 0 Å². The highest BCUT2D eigenvalue weighted by molar-refractivity contribution is 6.04. The maximum atomic E-state index is 14.0. The van der Waals surface area contributed by atoms with Gasteiger partial charge in [0.25, 0.3) is 0 Å². The van der Waals surface area contributed by atoms with E-state index in [1.54, 1.807) is 17.3 Å². The van der Waals surface area contributed by atoms with E-state index in [4.69, 9.17) is 0 Å². The van der Waals surface area contributed by atoms with E-state index >= 15 is 0 Å². The largest absolute Gasteiger partial charge is 0.351 e. The maximum Gasteiger partial charge on any atom is 0.248 e. The average Bonchev–Trinajstić information content (AvgIpc) is 3.29. The average molecular weight is 477 g/mol. The van der Waals surface area contributed by atoms with Gasteiger partial charge in [-0.2, -0.15) is 0 Å². The summed E-state index contributed by atoms with van der Waals surface area (Å²) in [5, 5.41) is 6.70. The van der Waals surface area contributed by atoms with Gasteiger partial charge in [-0.1, -0.05) is 58.2 Å². The van der Waals surface area contributed by atoms with Gasteiger partial charge in [-0.05, 0) is 61.8 Å². The molecule has 2 aromatic rings. The van der Waals surface area contributed by atoms with Gasteiger partial charge >= 0.3 is 0 Å². The SMILES string of the molecule is C[C@H]1CC[C@H](C(=O)N(c2ccc(C(C)(C)C)cc2)C(C(=O)NC2CCCCC2)c2cccnc2)N1.